The van der Waals surface area contributed by atoms with Crippen molar-refractivity contribution >= 4 is 28.7 Å². The van der Waals surface area contributed by atoms with Gasteiger partial charge in [-0.1, -0.05) is 30.3 Å². The number of nitrogens with zero attached hydrogens (tertiary/aromatic N) is 2. The molecule has 3 aromatic rings. The van der Waals surface area contributed by atoms with Gasteiger partial charge in [-0.2, -0.15) is 0 Å². The van der Waals surface area contributed by atoms with Crippen LogP contribution >= 0.6 is 11.3 Å². The van der Waals surface area contributed by atoms with Crippen LogP contribution in [0.15, 0.2) is 66.2 Å². The zero-order chi connectivity index (χ0) is 18.1. The number of benzene rings is 1. The number of Topliss-reactive ketones (excluding diaryl/α,β-unsaturated/α-hetero) is 1. The maximum Gasteiger partial charge on any atom is 0.264 e. The highest BCUT2D eigenvalue weighted by Gasteiger charge is 2.50. The summed E-state index contributed by atoms with van der Waals surface area (Å²) in [6.07, 6.45) is 1.19. The number of carbonyl (C=O) groups is 2. The summed E-state index contributed by atoms with van der Waals surface area (Å²) < 4.78 is 0. The third kappa shape index (κ3) is 2.73. The minimum absolute atomic E-state index is 0.239. The lowest BCUT2D eigenvalue weighted by Gasteiger charge is -2.22. The average molecular weight is 364 g/mol. The van der Waals surface area contributed by atoms with Crippen molar-refractivity contribution in [3.8, 4) is 0 Å². The van der Waals surface area contributed by atoms with Crippen LogP contribution in [0.25, 0.3) is 0 Å². The van der Waals surface area contributed by atoms with E-state index in [0.29, 0.717) is 17.8 Å². The van der Waals surface area contributed by atoms with Crippen LogP contribution in [0.2, 0.25) is 0 Å². The molecule has 2 aromatic heterocycles. The maximum absolute atomic E-state index is 13.1. The second kappa shape index (κ2) is 6.48. The van der Waals surface area contributed by atoms with Gasteiger partial charge in [-0.05, 0) is 29.6 Å². The smallest absolute Gasteiger partial charge is 0.264 e. The zero-order valence-electron chi connectivity index (χ0n) is 13.8. The number of hydrogen-bond donors (Lipinski definition) is 1. The van der Waals surface area contributed by atoms with E-state index in [-0.39, 0.29) is 17.9 Å². The molecule has 3 heterocycles. The van der Waals surface area contributed by atoms with E-state index in [1.807, 2.05) is 23.6 Å². The molecule has 0 aliphatic carbocycles. The largest absolute Gasteiger partial charge is 0.375 e. The summed E-state index contributed by atoms with van der Waals surface area (Å²) in [5.74, 6) is -0.842. The number of rotatable bonds is 5. The zero-order valence-corrected chi connectivity index (χ0v) is 14.6. The second-order valence-electron chi connectivity index (χ2n) is 6.16. The van der Waals surface area contributed by atoms with Crippen molar-refractivity contribution in [1.29, 1.82) is 0 Å². The molecule has 4 rings (SSSR count). The minimum Gasteiger partial charge on any atom is -0.375 e. The Morgan fingerprint density at radius 2 is 1.92 bits per heavy atom. The molecule has 0 radical (unpaired) electrons. The Labute approximate surface area is 154 Å². The molecular weight excluding hydrogens is 348 g/mol. The van der Waals surface area contributed by atoms with Crippen molar-refractivity contribution in [3.05, 3.63) is 82.3 Å². The highest BCUT2D eigenvalue weighted by atomic mass is 32.1. The summed E-state index contributed by atoms with van der Waals surface area (Å²) in [6.45, 7) is 0.369. The Morgan fingerprint density at radius 3 is 2.65 bits per heavy atom. The van der Waals surface area contributed by atoms with Gasteiger partial charge >= 0.3 is 0 Å². The summed E-state index contributed by atoms with van der Waals surface area (Å²) >= 11 is 1.54. The lowest BCUT2D eigenvalue weighted by Crippen LogP contribution is -2.41. The number of amides is 1. The first-order valence-electron chi connectivity index (χ1n) is 8.20. The lowest BCUT2D eigenvalue weighted by molar-refractivity contribution is -0.136. The Bertz CT molecular complexity index is 956. The first-order chi connectivity index (χ1) is 12.6. The van der Waals surface area contributed by atoms with Gasteiger partial charge in [-0.3, -0.25) is 14.6 Å². The monoisotopic (exact) mass is 364 g/mol. The Morgan fingerprint density at radius 1 is 1.12 bits per heavy atom. The van der Waals surface area contributed by atoms with Crippen LogP contribution in [0.4, 0.5) is 5.69 Å². The van der Waals surface area contributed by atoms with Gasteiger partial charge in [0.15, 0.2) is 11.4 Å². The van der Waals surface area contributed by atoms with Gasteiger partial charge in [-0.25, -0.2) is 0 Å². The average Bonchev–Trinajstić information content (AvgIpc) is 3.25. The molecule has 1 amide bonds. The Hall–Kier alpha value is -2.83. The molecule has 0 spiro atoms. The van der Waals surface area contributed by atoms with E-state index in [1.165, 1.54) is 6.20 Å². The van der Waals surface area contributed by atoms with Gasteiger partial charge < -0.3 is 10.0 Å². The topological polar surface area (TPSA) is 70.5 Å². The molecule has 0 saturated carbocycles. The molecule has 6 heteroatoms. The van der Waals surface area contributed by atoms with Gasteiger partial charge in [0.25, 0.3) is 5.91 Å². The third-order valence-corrected chi connectivity index (χ3v) is 5.36. The van der Waals surface area contributed by atoms with E-state index in [1.54, 1.807) is 52.6 Å². The predicted molar refractivity (Wildman–Crippen MR) is 99.0 cm³/mol. The summed E-state index contributed by atoms with van der Waals surface area (Å²) in [4.78, 5) is 32.3. The fraction of sp³-hybridized carbons (Fsp3) is 0.150. The van der Waals surface area contributed by atoms with Gasteiger partial charge in [0.1, 0.15) is 5.69 Å². The number of aliphatic hydroxyl groups is 1. The van der Waals surface area contributed by atoms with E-state index < -0.39 is 11.5 Å². The number of pyridine rings is 1. The molecule has 0 fully saturated rings. The van der Waals surface area contributed by atoms with E-state index in [0.717, 1.165) is 4.88 Å². The molecule has 1 aromatic carbocycles. The third-order valence-electron chi connectivity index (χ3n) is 4.50. The molecule has 1 aliphatic rings. The summed E-state index contributed by atoms with van der Waals surface area (Å²) in [7, 11) is 0. The first-order valence-corrected chi connectivity index (χ1v) is 9.08. The molecule has 0 saturated heterocycles. The van der Waals surface area contributed by atoms with Crippen LogP contribution in [0.1, 0.15) is 27.3 Å². The molecule has 0 bridgehead atoms. The molecule has 130 valence electrons. The molecule has 1 N–H and O–H groups in total. The van der Waals surface area contributed by atoms with Gasteiger partial charge in [0.2, 0.25) is 0 Å². The van der Waals surface area contributed by atoms with Crippen LogP contribution in [-0.2, 0) is 16.9 Å². The van der Waals surface area contributed by atoms with Crippen LogP contribution in [0, 0.1) is 0 Å². The van der Waals surface area contributed by atoms with Gasteiger partial charge in [-0.15, -0.1) is 11.3 Å². The highest BCUT2D eigenvalue weighted by molar-refractivity contribution is 7.09. The fourth-order valence-electron chi connectivity index (χ4n) is 3.24. The molecular formula is C20H16N2O3S. The number of ketones is 1. The van der Waals surface area contributed by atoms with Crippen LogP contribution < -0.4 is 4.90 Å². The van der Waals surface area contributed by atoms with Crippen molar-refractivity contribution < 1.29 is 14.7 Å². The summed E-state index contributed by atoms with van der Waals surface area (Å²) in [5.41, 5.74) is -0.529. The van der Waals surface area contributed by atoms with Crippen molar-refractivity contribution in [3.63, 3.8) is 0 Å². The van der Waals surface area contributed by atoms with E-state index in [4.69, 9.17) is 0 Å². The van der Waals surface area contributed by atoms with Crippen LogP contribution in [-0.4, -0.2) is 21.8 Å². The quantitative estimate of drug-likeness (QED) is 0.706. The fourth-order valence-corrected chi connectivity index (χ4v) is 3.94. The lowest BCUT2D eigenvalue weighted by atomic mass is 9.89. The minimum atomic E-state index is -1.87. The number of fused-ring (bicyclic) bond motifs is 1. The first kappa shape index (κ1) is 16.6. The molecule has 5 nitrogen and oxygen atoms in total. The molecule has 26 heavy (non-hydrogen) atoms. The van der Waals surface area contributed by atoms with Crippen LogP contribution in [0.5, 0.6) is 0 Å². The predicted octanol–water partition coefficient (Wildman–Crippen LogP) is 3.15. The maximum atomic E-state index is 13.1. The standard InChI is InChI=1S/C20H16N2O3S/c23-18(16-8-3-4-10-21-16)12-20(25)15-7-1-2-9-17(15)22(19(20)24)13-14-6-5-11-26-14/h1-11,25H,12-13H2. The number of aromatic nitrogens is 1. The summed E-state index contributed by atoms with van der Waals surface area (Å²) in [5, 5.41) is 13.1. The normalized spacial score (nSPS) is 18.8. The number of para-hydroxylation sites is 1. The van der Waals surface area contributed by atoms with Crippen molar-refractivity contribution in [1.82, 2.24) is 4.98 Å². The van der Waals surface area contributed by atoms with Crippen LogP contribution in [0.3, 0.4) is 0 Å². The van der Waals surface area contributed by atoms with Crippen molar-refractivity contribution in [2.45, 2.75) is 18.6 Å². The number of anilines is 1. The molecule has 1 unspecified atom stereocenters. The highest BCUT2D eigenvalue weighted by Crippen LogP contribution is 2.43. The number of hydrogen-bond acceptors (Lipinski definition) is 5. The number of carbonyl (C=O) groups excluding carboxylic acids is 2. The van der Waals surface area contributed by atoms with Crippen molar-refractivity contribution in [2.24, 2.45) is 0 Å². The van der Waals surface area contributed by atoms with E-state index in [9.17, 15) is 14.7 Å². The van der Waals surface area contributed by atoms with Crippen molar-refractivity contribution in [2.75, 3.05) is 4.90 Å². The molecule has 1 atom stereocenters. The van der Waals surface area contributed by atoms with Gasteiger partial charge in [0.05, 0.1) is 18.7 Å². The SMILES string of the molecule is O=C(CC1(O)C(=O)N(Cc2cccs2)c2ccccc21)c1ccccn1. The Kier molecular flexibility index (Phi) is 4.14. The van der Waals surface area contributed by atoms with E-state index in [2.05, 4.69) is 4.98 Å². The molecule has 1 aliphatic heterocycles. The van der Waals surface area contributed by atoms with E-state index >= 15 is 0 Å². The summed E-state index contributed by atoms with van der Waals surface area (Å²) in [6, 6.07) is 15.9. The number of thiophene rings is 1. The second-order valence-corrected chi connectivity index (χ2v) is 7.20. The van der Waals surface area contributed by atoms with Gasteiger partial charge in [0, 0.05) is 16.6 Å². The Balaban J connectivity index is 1.69.